The predicted molar refractivity (Wildman–Crippen MR) is 55.0 cm³/mol. The van der Waals surface area contributed by atoms with Crippen molar-refractivity contribution in [2.24, 2.45) is 5.73 Å². The van der Waals surface area contributed by atoms with Crippen LogP contribution in [0.15, 0.2) is 18.2 Å². The second-order valence-corrected chi connectivity index (χ2v) is 3.05. The first-order valence-corrected chi connectivity index (χ1v) is 4.58. The van der Waals surface area contributed by atoms with E-state index in [0.29, 0.717) is 6.54 Å². The first kappa shape index (κ1) is 10.6. The molecule has 3 heteroatoms. The van der Waals surface area contributed by atoms with E-state index in [1.807, 2.05) is 31.2 Å². The lowest BCUT2D eigenvalue weighted by Crippen LogP contribution is -2.06. The highest BCUT2D eigenvalue weighted by molar-refractivity contribution is 5.41. The number of aryl methyl sites for hydroxylation is 1. The molecule has 0 aliphatic carbocycles. The van der Waals surface area contributed by atoms with Crippen LogP contribution in [0.1, 0.15) is 11.1 Å². The zero-order chi connectivity index (χ0) is 10.4. The summed E-state index contributed by atoms with van der Waals surface area (Å²) in [5.41, 5.74) is 7.61. The van der Waals surface area contributed by atoms with Gasteiger partial charge in [-0.3, -0.25) is 0 Å². The van der Waals surface area contributed by atoms with Gasteiger partial charge in [0.25, 0.3) is 0 Å². The van der Waals surface area contributed by atoms with Gasteiger partial charge in [0.2, 0.25) is 0 Å². The number of ether oxygens (including phenoxy) is 1. The van der Waals surface area contributed by atoms with Crippen LogP contribution in [0, 0.1) is 18.3 Å². The van der Waals surface area contributed by atoms with Gasteiger partial charge >= 0.3 is 0 Å². The second-order valence-electron chi connectivity index (χ2n) is 3.05. The fourth-order valence-corrected chi connectivity index (χ4v) is 1.38. The average Bonchev–Trinajstić information content (AvgIpc) is 2.18. The molecular weight excluding hydrogens is 176 g/mol. The number of para-hydroxylation sites is 1. The molecule has 0 aliphatic rings. The van der Waals surface area contributed by atoms with E-state index in [-0.39, 0.29) is 6.61 Å². The average molecular weight is 190 g/mol. The highest BCUT2D eigenvalue weighted by Gasteiger charge is 2.05. The Bertz CT molecular complexity index is 342. The zero-order valence-corrected chi connectivity index (χ0v) is 8.29. The predicted octanol–water partition coefficient (Wildman–Crippen LogP) is 1.40. The van der Waals surface area contributed by atoms with Gasteiger partial charge in [0.1, 0.15) is 11.8 Å². The topological polar surface area (TPSA) is 59.0 Å². The molecule has 0 radical (unpaired) electrons. The molecule has 3 nitrogen and oxygen atoms in total. The van der Waals surface area contributed by atoms with Gasteiger partial charge in [0, 0.05) is 0 Å². The molecule has 0 atom stereocenters. The molecule has 0 aromatic heterocycles. The van der Waals surface area contributed by atoms with Crippen molar-refractivity contribution in [2.45, 2.75) is 13.3 Å². The number of nitriles is 1. The van der Waals surface area contributed by atoms with Crippen molar-refractivity contribution in [3.63, 3.8) is 0 Å². The minimum Gasteiger partial charge on any atom is -0.478 e. The lowest BCUT2D eigenvalue weighted by atomic mass is 10.1. The molecule has 0 heterocycles. The fourth-order valence-electron chi connectivity index (χ4n) is 1.38. The minimum atomic E-state index is 0.0857. The van der Waals surface area contributed by atoms with Crippen LogP contribution in [-0.2, 0) is 6.42 Å². The molecule has 1 aromatic rings. The largest absolute Gasteiger partial charge is 0.478 e. The number of nitrogens with two attached hydrogens (primary N) is 1. The number of hydrogen-bond donors (Lipinski definition) is 1. The maximum absolute atomic E-state index is 8.44. The molecule has 0 unspecified atom stereocenters. The van der Waals surface area contributed by atoms with Crippen molar-refractivity contribution >= 4 is 0 Å². The molecule has 0 saturated heterocycles. The fraction of sp³-hybridized carbons (Fsp3) is 0.364. The smallest absolute Gasteiger partial charge is 0.174 e. The molecule has 0 saturated carbocycles. The Morgan fingerprint density at radius 2 is 2.29 bits per heavy atom. The number of rotatable bonds is 4. The normalized spacial score (nSPS) is 9.50. The highest BCUT2D eigenvalue weighted by atomic mass is 16.5. The van der Waals surface area contributed by atoms with Crippen LogP contribution >= 0.6 is 0 Å². The summed E-state index contributed by atoms with van der Waals surface area (Å²) in [6, 6.07) is 7.87. The van der Waals surface area contributed by atoms with Gasteiger partial charge in [0.05, 0.1) is 0 Å². The van der Waals surface area contributed by atoms with E-state index in [1.54, 1.807) is 0 Å². The molecule has 1 rings (SSSR count). The molecule has 74 valence electrons. The number of benzene rings is 1. The Balaban J connectivity index is 2.91. The van der Waals surface area contributed by atoms with Gasteiger partial charge in [0.15, 0.2) is 6.61 Å². The van der Waals surface area contributed by atoms with Crippen LogP contribution < -0.4 is 10.5 Å². The first-order valence-electron chi connectivity index (χ1n) is 4.58. The van der Waals surface area contributed by atoms with E-state index in [2.05, 4.69) is 0 Å². The number of hydrogen-bond acceptors (Lipinski definition) is 3. The minimum absolute atomic E-state index is 0.0857. The Morgan fingerprint density at radius 3 is 2.93 bits per heavy atom. The molecule has 14 heavy (non-hydrogen) atoms. The van der Waals surface area contributed by atoms with Crippen molar-refractivity contribution < 1.29 is 4.74 Å². The van der Waals surface area contributed by atoms with E-state index >= 15 is 0 Å². The molecule has 0 amide bonds. The lowest BCUT2D eigenvalue weighted by Gasteiger charge is -2.11. The standard InChI is InChI=1S/C11H14N2O/c1-9-3-2-4-10(5-6-12)11(9)14-8-7-13/h2-4H,5-6,8,12H2,1H3. The van der Waals surface area contributed by atoms with Crippen molar-refractivity contribution in [3.8, 4) is 11.8 Å². The van der Waals surface area contributed by atoms with Crippen molar-refractivity contribution in [3.05, 3.63) is 29.3 Å². The van der Waals surface area contributed by atoms with Gasteiger partial charge in [-0.05, 0) is 31.0 Å². The summed E-state index contributed by atoms with van der Waals surface area (Å²) < 4.78 is 5.35. The summed E-state index contributed by atoms with van der Waals surface area (Å²) >= 11 is 0. The highest BCUT2D eigenvalue weighted by Crippen LogP contribution is 2.23. The van der Waals surface area contributed by atoms with E-state index in [1.165, 1.54) is 0 Å². The maximum atomic E-state index is 8.44. The first-order chi connectivity index (χ1) is 6.79. The van der Waals surface area contributed by atoms with Gasteiger partial charge in [-0.2, -0.15) is 5.26 Å². The van der Waals surface area contributed by atoms with Crippen molar-refractivity contribution in [2.75, 3.05) is 13.2 Å². The quantitative estimate of drug-likeness (QED) is 0.780. The van der Waals surface area contributed by atoms with Gasteiger partial charge < -0.3 is 10.5 Å². The molecule has 0 bridgehead atoms. The third kappa shape index (κ3) is 2.48. The summed E-state index contributed by atoms with van der Waals surface area (Å²) in [6.07, 6.45) is 0.780. The monoisotopic (exact) mass is 190 g/mol. The van der Waals surface area contributed by atoms with E-state index in [9.17, 15) is 0 Å². The molecular formula is C11H14N2O. The van der Waals surface area contributed by atoms with Crippen molar-refractivity contribution in [1.82, 2.24) is 0 Å². The summed E-state index contributed by atoms with van der Waals surface area (Å²) in [5.74, 6) is 0.805. The summed E-state index contributed by atoms with van der Waals surface area (Å²) in [5, 5.41) is 8.44. The Hall–Kier alpha value is -1.53. The van der Waals surface area contributed by atoms with E-state index < -0.39 is 0 Å². The molecule has 0 spiro atoms. The van der Waals surface area contributed by atoms with E-state index in [0.717, 1.165) is 23.3 Å². The van der Waals surface area contributed by atoms with Gasteiger partial charge in [-0.25, -0.2) is 0 Å². The third-order valence-electron chi connectivity index (χ3n) is 1.99. The maximum Gasteiger partial charge on any atom is 0.174 e. The van der Waals surface area contributed by atoms with Crippen LogP contribution in [0.4, 0.5) is 0 Å². The van der Waals surface area contributed by atoms with Crippen LogP contribution in [0.2, 0.25) is 0 Å². The van der Waals surface area contributed by atoms with Gasteiger partial charge in [-0.1, -0.05) is 18.2 Å². The van der Waals surface area contributed by atoms with Gasteiger partial charge in [-0.15, -0.1) is 0 Å². The van der Waals surface area contributed by atoms with Crippen LogP contribution in [0.25, 0.3) is 0 Å². The summed E-state index contributed by atoms with van der Waals surface area (Å²) in [6.45, 7) is 2.64. The Kier molecular flexibility index (Phi) is 3.96. The molecule has 1 aromatic carbocycles. The van der Waals surface area contributed by atoms with Crippen LogP contribution in [0.5, 0.6) is 5.75 Å². The number of nitrogens with zero attached hydrogens (tertiary/aromatic N) is 1. The molecule has 0 aliphatic heterocycles. The lowest BCUT2D eigenvalue weighted by molar-refractivity contribution is 0.361. The SMILES string of the molecule is Cc1cccc(CCN)c1OCC#N. The van der Waals surface area contributed by atoms with Crippen molar-refractivity contribution in [1.29, 1.82) is 5.26 Å². The molecule has 0 fully saturated rings. The van der Waals surface area contributed by atoms with Crippen LogP contribution in [-0.4, -0.2) is 13.2 Å². The third-order valence-corrected chi connectivity index (χ3v) is 1.99. The molecule has 2 N–H and O–H groups in total. The zero-order valence-electron chi connectivity index (χ0n) is 8.29. The van der Waals surface area contributed by atoms with Crippen LogP contribution in [0.3, 0.4) is 0 Å². The second kappa shape index (κ2) is 5.25. The Labute approximate surface area is 84.1 Å². The summed E-state index contributed by atoms with van der Waals surface area (Å²) in [7, 11) is 0. The summed E-state index contributed by atoms with van der Waals surface area (Å²) in [4.78, 5) is 0. The van der Waals surface area contributed by atoms with E-state index in [4.69, 9.17) is 15.7 Å². The Morgan fingerprint density at radius 1 is 1.50 bits per heavy atom.